The maximum absolute atomic E-state index is 10.9. The van der Waals surface area contributed by atoms with Crippen molar-refractivity contribution in [2.45, 2.75) is 0 Å². The maximum Gasteiger partial charge on any atom is 0.259 e. The number of amides is 1. The molecule has 0 aliphatic rings. The van der Waals surface area contributed by atoms with Gasteiger partial charge >= 0.3 is 0 Å². The van der Waals surface area contributed by atoms with Gasteiger partial charge in [-0.1, -0.05) is 18.2 Å². The zero-order chi connectivity index (χ0) is 13.1. The summed E-state index contributed by atoms with van der Waals surface area (Å²) in [6.07, 6.45) is 1.17. The number of pyridine rings is 1. The van der Waals surface area contributed by atoms with Gasteiger partial charge in [-0.25, -0.2) is 4.98 Å². The van der Waals surface area contributed by atoms with E-state index in [0.29, 0.717) is 5.52 Å². The minimum atomic E-state index is -0.855. The molecule has 2 aromatic rings. The first-order chi connectivity index (χ1) is 8.61. The van der Waals surface area contributed by atoms with E-state index in [-0.39, 0.29) is 17.0 Å². The number of rotatable bonds is 2. The van der Waals surface area contributed by atoms with Gasteiger partial charge < -0.3 is 10.8 Å². The number of hydrogen-bond acceptors (Lipinski definition) is 4. The summed E-state index contributed by atoms with van der Waals surface area (Å²) < 4.78 is 0. The monoisotopic (exact) mass is 239 g/mol. The Morgan fingerprint density at radius 1 is 1.44 bits per heavy atom. The van der Waals surface area contributed by atoms with E-state index < -0.39 is 5.91 Å². The van der Waals surface area contributed by atoms with Gasteiger partial charge in [0.2, 0.25) is 0 Å². The number of fused-ring (bicyclic) bond motifs is 1. The van der Waals surface area contributed by atoms with E-state index in [0.717, 1.165) is 5.39 Å². The van der Waals surface area contributed by atoms with Crippen molar-refractivity contribution in [3.05, 3.63) is 41.6 Å². The van der Waals surface area contributed by atoms with Crippen LogP contribution in [0.4, 0.5) is 0 Å². The second-order valence-corrected chi connectivity index (χ2v) is 3.62. The molecule has 1 heterocycles. The molecule has 0 saturated carbocycles. The molecule has 1 amide bonds. The van der Waals surface area contributed by atoms with Gasteiger partial charge in [0.1, 0.15) is 23.1 Å². The Hall–Kier alpha value is -2.87. The molecule has 5 heteroatoms. The first kappa shape index (κ1) is 11.6. The van der Waals surface area contributed by atoms with E-state index in [2.05, 4.69) is 4.98 Å². The van der Waals surface area contributed by atoms with E-state index in [9.17, 15) is 9.90 Å². The minimum absolute atomic E-state index is 0.109. The Labute approximate surface area is 103 Å². The van der Waals surface area contributed by atoms with Crippen LogP contribution in [-0.4, -0.2) is 16.0 Å². The molecule has 0 spiro atoms. The van der Waals surface area contributed by atoms with Crippen LogP contribution in [0.3, 0.4) is 0 Å². The lowest BCUT2D eigenvalue weighted by molar-refractivity contribution is -0.114. The number of nitrogens with two attached hydrogens (primary N) is 1. The number of nitriles is 1. The molecule has 0 bridgehead atoms. The van der Waals surface area contributed by atoms with Crippen LogP contribution in [0.25, 0.3) is 17.0 Å². The number of para-hydroxylation sites is 1. The summed E-state index contributed by atoms with van der Waals surface area (Å²) >= 11 is 0. The normalized spacial score (nSPS) is 11.2. The predicted octanol–water partition coefficient (Wildman–Crippen LogP) is 1.33. The molecular formula is C13H9N3O2. The molecule has 0 radical (unpaired) electrons. The van der Waals surface area contributed by atoms with Crippen LogP contribution in [0.1, 0.15) is 5.69 Å². The van der Waals surface area contributed by atoms with E-state index in [1.54, 1.807) is 24.3 Å². The number of primary amides is 1. The Kier molecular flexibility index (Phi) is 2.94. The number of carbonyl (C=O) groups is 1. The highest BCUT2D eigenvalue weighted by Crippen LogP contribution is 2.23. The Morgan fingerprint density at radius 3 is 2.83 bits per heavy atom. The quantitative estimate of drug-likeness (QED) is 0.609. The van der Waals surface area contributed by atoms with Crippen LogP contribution < -0.4 is 5.73 Å². The molecule has 0 aliphatic carbocycles. The predicted molar refractivity (Wildman–Crippen MR) is 66.2 cm³/mol. The lowest BCUT2D eigenvalue weighted by atomic mass is 10.1. The third-order valence-corrected chi connectivity index (χ3v) is 2.40. The zero-order valence-electron chi connectivity index (χ0n) is 9.29. The van der Waals surface area contributed by atoms with E-state index in [4.69, 9.17) is 11.0 Å². The Balaban J connectivity index is 2.62. The third-order valence-electron chi connectivity index (χ3n) is 2.40. The fraction of sp³-hybridized carbons (Fsp3) is 0. The number of hydrogen-bond donors (Lipinski definition) is 2. The third kappa shape index (κ3) is 2.13. The fourth-order valence-electron chi connectivity index (χ4n) is 1.52. The molecular weight excluding hydrogens is 230 g/mol. The molecule has 0 saturated heterocycles. The van der Waals surface area contributed by atoms with E-state index in [1.165, 1.54) is 12.1 Å². The van der Waals surface area contributed by atoms with Gasteiger partial charge in [0.15, 0.2) is 0 Å². The molecule has 5 nitrogen and oxygen atoms in total. The van der Waals surface area contributed by atoms with Crippen molar-refractivity contribution in [3.63, 3.8) is 0 Å². The van der Waals surface area contributed by atoms with Crippen molar-refractivity contribution >= 4 is 22.9 Å². The molecule has 0 unspecified atom stereocenters. The van der Waals surface area contributed by atoms with Crippen molar-refractivity contribution in [1.29, 1.82) is 5.26 Å². The summed E-state index contributed by atoms with van der Waals surface area (Å²) in [5.74, 6) is -0.963. The molecule has 0 atom stereocenters. The lowest BCUT2D eigenvalue weighted by Crippen LogP contribution is -2.12. The van der Waals surface area contributed by atoms with Gasteiger partial charge in [0.25, 0.3) is 5.91 Å². The van der Waals surface area contributed by atoms with Crippen molar-refractivity contribution in [3.8, 4) is 11.8 Å². The first-order valence-corrected chi connectivity index (χ1v) is 5.12. The van der Waals surface area contributed by atoms with Crippen LogP contribution >= 0.6 is 0 Å². The summed E-state index contributed by atoms with van der Waals surface area (Å²) in [4.78, 5) is 15.1. The average Bonchev–Trinajstić information content (AvgIpc) is 2.35. The molecule has 2 rings (SSSR count). The Bertz CT molecular complexity index is 699. The molecule has 3 N–H and O–H groups in total. The number of benzene rings is 1. The van der Waals surface area contributed by atoms with E-state index in [1.807, 2.05) is 6.07 Å². The van der Waals surface area contributed by atoms with Crippen LogP contribution in [0.15, 0.2) is 35.9 Å². The summed E-state index contributed by atoms with van der Waals surface area (Å²) in [6.45, 7) is 0. The molecule has 0 aliphatic heterocycles. The zero-order valence-corrected chi connectivity index (χ0v) is 9.29. The van der Waals surface area contributed by atoms with Gasteiger partial charge in [-0.2, -0.15) is 5.26 Å². The van der Waals surface area contributed by atoms with E-state index >= 15 is 0 Å². The SMILES string of the molecule is N#C/C(=C/c1nc2ccccc2cc1O)C(N)=O. The highest BCUT2D eigenvalue weighted by molar-refractivity contribution is 6.01. The number of nitrogens with zero attached hydrogens (tertiary/aromatic N) is 2. The van der Waals surface area contributed by atoms with Crippen LogP contribution in [0, 0.1) is 11.3 Å². The lowest BCUT2D eigenvalue weighted by Gasteiger charge is -2.02. The summed E-state index contributed by atoms with van der Waals surface area (Å²) in [5.41, 5.74) is 5.56. The van der Waals surface area contributed by atoms with Crippen LogP contribution in [0.5, 0.6) is 5.75 Å². The van der Waals surface area contributed by atoms with Gasteiger partial charge in [-0.3, -0.25) is 4.79 Å². The summed E-state index contributed by atoms with van der Waals surface area (Å²) in [7, 11) is 0. The smallest absolute Gasteiger partial charge is 0.259 e. The Morgan fingerprint density at radius 2 is 2.17 bits per heavy atom. The maximum atomic E-state index is 10.9. The standard InChI is InChI=1S/C13H9N3O2/c14-7-9(13(15)18)5-11-12(17)6-8-3-1-2-4-10(8)16-11/h1-6,17H,(H2,15,18)/b9-5-. The van der Waals surface area contributed by atoms with Gasteiger partial charge in [0, 0.05) is 5.39 Å². The van der Waals surface area contributed by atoms with Crippen molar-refractivity contribution in [1.82, 2.24) is 4.98 Å². The van der Waals surface area contributed by atoms with Crippen molar-refractivity contribution in [2.75, 3.05) is 0 Å². The molecule has 1 aromatic carbocycles. The average molecular weight is 239 g/mol. The number of carbonyl (C=O) groups excluding carboxylic acids is 1. The highest BCUT2D eigenvalue weighted by Gasteiger charge is 2.08. The molecule has 1 aromatic heterocycles. The second kappa shape index (κ2) is 4.55. The van der Waals surface area contributed by atoms with Gasteiger partial charge in [-0.05, 0) is 18.2 Å². The molecule has 88 valence electrons. The molecule has 18 heavy (non-hydrogen) atoms. The van der Waals surface area contributed by atoms with Gasteiger partial charge in [-0.15, -0.1) is 0 Å². The van der Waals surface area contributed by atoms with Gasteiger partial charge in [0.05, 0.1) is 5.52 Å². The largest absolute Gasteiger partial charge is 0.506 e. The second-order valence-electron chi connectivity index (χ2n) is 3.62. The first-order valence-electron chi connectivity index (χ1n) is 5.12. The summed E-state index contributed by atoms with van der Waals surface area (Å²) in [5, 5.41) is 19.3. The fourth-order valence-corrected chi connectivity index (χ4v) is 1.52. The topological polar surface area (TPSA) is 100 Å². The minimum Gasteiger partial charge on any atom is -0.506 e. The van der Waals surface area contributed by atoms with Crippen molar-refractivity contribution < 1.29 is 9.90 Å². The van der Waals surface area contributed by atoms with Crippen molar-refractivity contribution in [2.24, 2.45) is 5.73 Å². The summed E-state index contributed by atoms with van der Waals surface area (Å²) in [6, 6.07) is 10.4. The molecule has 0 fully saturated rings. The van der Waals surface area contributed by atoms with Crippen LogP contribution in [-0.2, 0) is 4.79 Å². The highest BCUT2D eigenvalue weighted by atomic mass is 16.3. The number of aromatic nitrogens is 1. The van der Waals surface area contributed by atoms with Crippen LogP contribution in [0.2, 0.25) is 0 Å². The number of aromatic hydroxyl groups is 1.